The molecule has 2 atom stereocenters. The standard InChI is InChI=1S/C23H24FIO4/c1-13(2)19-12-20(25)23(28-3)22(14-4-6-15(24)7-5-14)18(19)9-8-17-10-16(26)11-21(27)29-17/h4-9,12-13,16-17,26H,10-11H2,1-3H3/b9-8+. The first-order valence-electron chi connectivity index (χ1n) is 9.52. The lowest BCUT2D eigenvalue weighted by molar-refractivity contribution is -0.156. The van der Waals surface area contributed by atoms with Crippen molar-refractivity contribution in [2.24, 2.45) is 0 Å². The van der Waals surface area contributed by atoms with Gasteiger partial charge in [-0.3, -0.25) is 4.79 Å². The number of aliphatic hydroxyl groups excluding tert-OH is 1. The van der Waals surface area contributed by atoms with E-state index in [1.54, 1.807) is 25.3 Å². The molecule has 0 radical (unpaired) electrons. The molecule has 1 fully saturated rings. The maximum atomic E-state index is 13.5. The van der Waals surface area contributed by atoms with Crippen molar-refractivity contribution in [3.05, 3.63) is 56.9 Å². The SMILES string of the molecule is COc1c(I)cc(C(C)C)c(/C=C/C2CC(O)CC(=O)O2)c1-c1ccc(F)cc1. The lowest BCUT2D eigenvalue weighted by Gasteiger charge is -2.24. The van der Waals surface area contributed by atoms with Gasteiger partial charge in [0, 0.05) is 12.0 Å². The molecule has 0 aromatic heterocycles. The minimum atomic E-state index is -0.696. The van der Waals surface area contributed by atoms with Crippen LogP contribution in [0.5, 0.6) is 5.75 Å². The number of ether oxygens (including phenoxy) is 2. The van der Waals surface area contributed by atoms with Gasteiger partial charge in [-0.25, -0.2) is 4.39 Å². The average Bonchev–Trinajstić information content (AvgIpc) is 2.66. The fourth-order valence-electron chi connectivity index (χ4n) is 3.56. The lowest BCUT2D eigenvalue weighted by atomic mass is 9.88. The molecule has 29 heavy (non-hydrogen) atoms. The molecule has 2 unspecified atom stereocenters. The van der Waals surface area contributed by atoms with Gasteiger partial charge in [0.05, 0.1) is 23.2 Å². The molecular formula is C23H24FIO4. The molecule has 2 aromatic rings. The Morgan fingerprint density at radius 1 is 1.31 bits per heavy atom. The van der Waals surface area contributed by atoms with Crippen molar-refractivity contribution in [1.82, 2.24) is 0 Å². The molecule has 0 spiro atoms. The summed E-state index contributed by atoms with van der Waals surface area (Å²) in [6.45, 7) is 4.21. The molecule has 1 saturated heterocycles. The smallest absolute Gasteiger partial charge is 0.309 e. The number of benzene rings is 2. The minimum Gasteiger partial charge on any atom is -0.495 e. The van der Waals surface area contributed by atoms with Crippen LogP contribution in [0.4, 0.5) is 4.39 Å². The molecule has 6 heteroatoms. The number of hydrogen-bond donors (Lipinski definition) is 1. The number of hydrogen-bond acceptors (Lipinski definition) is 4. The molecule has 0 aliphatic carbocycles. The average molecular weight is 510 g/mol. The Labute approximate surface area is 183 Å². The van der Waals surface area contributed by atoms with Gasteiger partial charge in [-0.1, -0.05) is 32.1 Å². The highest BCUT2D eigenvalue weighted by Gasteiger charge is 2.26. The van der Waals surface area contributed by atoms with E-state index in [-0.39, 0.29) is 18.2 Å². The van der Waals surface area contributed by atoms with E-state index in [1.165, 1.54) is 12.1 Å². The van der Waals surface area contributed by atoms with Crippen molar-refractivity contribution in [3.8, 4) is 16.9 Å². The fraction of sp³-hybridized carbons (Fsp3) is 0.348. The van der Waals surface area contributed by atoms with Gasteiger partial charge in [0.25, 0.3) is 0 Å². The zero-order valence-corrected chi connectivity index (χ0v) is 18.8. The van der Waals surface area contributed by atoms with E-state index in [4.69, 9.17) is 9.47 Å². The highest BCUT2D eigenvalue weighted by Crippen LogP contribution is 2.42. The maximum Gasteiger partial charge on any atom is 0.309 e. The van der Waals surface area contributed by atoms with Gasteiger partial charge in [0.1, 0.15) is 17.7 Å². The summed E-state index contributed by atoms with van der Waals surface area (Å²) in [5, 5.41) is 9.88. The van der Waals surface area contributed by atoms with E-state index < -0.39 is 18.2 Å². The third-order valence-corrected chi connectivity index (χ3v) is 5.73. The summed E-state index contributed by atoms with van der Waals surface area (Å²) in [5.41, 5.74) is 3.74. The van der Waals surface area contributed by atoms with Crippen molar-refractivity contribution < 1.29 is 23.8 Å². The fourth-order valence-corrected chi connectivity index (χ4v) is 4.38. The molecule has 1 aliphatic heterocycles. The second-order valence-electron chi connectivity index (χ2n) is 7.41. The van der Waals surface area contributed by atoms with Crippen molar-refractivity contribution >= 4 is 34.6 Å². The van der Waals surface area contributed by atoms with E-state index in [9.17, 15) is 14.3 Å². The van der Waals surface area contributed by atoms with Gasteiger partial charge >= 0.3 is 5.97 Å². The largest absolute Gasteiger partial charge is 0.495 e. The lowest BCUT2D eigenvalue weighted by Crippen LogP contribution is -2.31. The summed E-state index contributed by atoms with van der Waals surface area (Å²) in [6, 6.07) is 8.40. The van der Waals surface area contributed by atoms with Crippen LogP contribution in [0, 0.1) is 9.39 Å². The van der Waals surface area contributed by atoms with Gasteiger partial charge < -0.3 is 14.6 Å². The highest BCUT2D eigenvalue weighted by atomic mass is 127. The molecule has 1 N–H and O–H groups in total. The van der Waals surface area contributed by atoms with E-state index in [1.807, 2.05) is 6.08 Å². The van der Waals surface area contributed by atoms with Crippen LogP contribution in [0.15, 0.2) is 36.4 Å². The van der Waals surface area contributed by atoms with Crippen LogP contribution in [0.25, 0.3) is 17.2 Å². The van der Waals surface area contributed by atoms with Crippen LogP contribution in [-0.4, -0.2) is 30.4 Å². The summed E-state index contributed by atoms with van der Waals surface area (Å²) in [7, 11) is 1.62. The van der Waals surface area contributed by atoms with Gasteiger partial charge in [0.15, 0.2) is 0 Å². The van der Waals surface area contributed by atoms with Crippen molar-refractivity contribution in [2.75, 3.05) is 7.11 Å². The van der Waals surface area contributed by atoms with Crippen molar-refractivity contribution in [1.29, 1.82) is 0 Å². The van der Waals surface area contributed by atoms with E-state index >= 15 is 0 Å². The van der Waals surface area contributed by atoms with Crippen LogP contribution in [0.3, 0.4) is 0 Å². The quantitative estimate of drug-likeness (QED) is 0.438. The number of halogens is 2. The second kappa shape index (κ2) is 9.26. The topological polar surface area (TPSA) is 55.8 Å². The zero-order valence-electron chi connectivity index (χ0n) is 16.6. The molecule has 3 rings (SSSR count). The van der Waals surface area contributed by atoms with E-state index in [2.05, 4.69) is 42.5 Å². The first kappa shape index (κ1) is 21.8. The van der Waals surface area contributed by atoms with Crippen LogP contribution in [-0.2, 0) is 9.53 Å². The molecule has 0 bridgehead atoms. The Morgan fingerprint density at radius 2 is 2.00 bits per heavy atom. The molecular weight excluding hydrogens is 486 g/mol. The van der Waals surface area contributed by atoms with Crippen LogP contribution < -0.4 is 4.74 Å². The third kappa shape index (κ3) is 4.98. The van der Waals surface area contributed by atoms with Crippen molar-refractivity contribution in [2.45, 2.75) is 44.8 Å². The van der Waals surface area contributed by atoms with Gasteiger partial charge in [-0.05, 0) is 69.5 Å². The first-order valence-corrected chi connectivity index (χ1v) is 10.6. The summed E-state index contributed by atoms with van der Waals surface area (Å²) in [4.78, 5) is 11.7. The number of rotatable bonds is 5. The molecule has 1 aliphatic rings. The maximum absolute atomic E-state index is 13.5. The molecule has 0 amide bonds. The summed E-state index contributed by atoms with van der Waals surface area (Å²) < 4.78 is 25.5. The Kier molecular flexibility index (Phi) is 6.95. The van der Waals surface area contributed by atoms with E-state index in [0.717, 1.165) is 25.8 Å². The van der Waals surface area contributed by atoms with Crippen LogP contribution >= 0.6 is 22.6 Å². The molecule has 0 saturated carbocycles. The van der Waals surface area contributed by atoms with Crippen LogP contribution in [0.2, 0.25) is 0 Å². The van der Waals surface area contributed by atoms with Crippen molar-refractivity contribution in [3.63, 3.8) is 0 Å². The Balaban J connectivity index is 2.16. The molecule has 154 valence electrons. The Morgan fingerprint density at radius 3 is 2.59 bits per heavy atom. The molecule has 4 nitrogen and oxygen atoms in total. The minimum absolute atomic E-state index is 0.0275. The number of methoxy groups -OCH3 is 1. The van der Waals surface area contributed by atoms with Gasteiger partial charge in [-0.2, -0.15) is 0 Å². The normalized spacial score (nSPS) is 19.6. The van der Waals surface area contributed by atoms with Gasteiger partial charge in [-0.15, -0.1) is 0 Å². The van der Waals surface area contributed by atoms with Crippen LogP contribution in [0.1, 0.15) is 43.7 Å². The molecule has 1 heterocycles. The number of carbonyl (C=O) groups is 1. The monoisotopic (exact) mass is 510 g/mol. The number of cyclic esters (lactones) is 1. The first-order chi connectivity index (χ1) is 13.8. The van der Waals surface area contributed by atoms with Gasteiger partial charge in [0.2, 0.25) is 0 Å². The predicted molar refractivity (Wildman–Crippen MR) is 119 cm³/mol. The highest BCUT2D eigenvalue weighted by molar-refractivity contribution is 14.1. The predicted octanol–water partition coefficient (Wildman–Crippen LogP) is 5.31. The number of esters is 1. The Hall–Kier alpha value is -1.93. The zero-order chi connectivity index (χ0) is 21.1. The number of carbonyl (C=O) groups excluding carboxylic acids is 1. The van der Waals surface area contributed by atoms with E-state index in [0.29, 0.717) is 12.2 Å². The Bertz CT molecular complexity index is 921. The second-order valence-corrected chi connectivity index (χ2v) is 8.57. The number of aliphatic hydroxyl groups is 1. The summed E-state index contributed by atoms with van der Waals surface area (Å²) in [6.07, 6.45) is 2.94. The summed E-state index contributed by atoms with van der Waals surface area (Å²) in [5.74, 6) is 0.235. The molecule has 2 aromatic carbocycles. The summed E-state index contributed by atoms with van der Waals surface area (Å²) >= 11 is 2.25. The third-order valence-electron chi connectivity index (χ3n) is 4.93.